The van der Waals surface area contributed by atoms with Crippen molar-refractivity contribution in [1.29, 1.82) is 0 Å². The first-order valence-corrected chi connectivity index (χ1v) is 5.81. The molecule has 0 aromatic heterocycles. The van der Waals surface area contributed by atoms with Gasteiger partial charge in [0, 0.05) is 25.3 Å². The number of benzene rings is 1. The molecule has 0 aliphatic heterocycles. The smallest absolute Gasteiger partial charge is 0.299 e. The zero-order valence-electron chi connectivity index (χ0n) is 10.5. The molecule has 0 fully saturated rings. The van der Waals surface area contributed by atoms with E-state index in [1.807, 2.05) is 6.92 Å². The van der Waals surface area contributed by atoms with Crippen LogP contribution in [0.4, 0.5) is 17.1 Å². The zero-order valence-corrected chi connectivity index (χ0v) is 10.5. The predicted octanol–water partition coefficient (Wildman–Crippen LogP) is 2.34. The van der Waals surface area contributed by atoms with E-state index in [1.54, 1.807) is 0 Å². The van der Waals surface area contributed by atoms with Crippen molar-refractivity contribution in [2.45, 2.75) is 13.3 Å². The average molecular weight is 269 g/mol. The van der Waals surface area contributed by atoms with Gasteiger partial charge in [-0.1, -0.05) is 6.92 Å². The number of nitrogens with zero attached hydrogens (tertiary/aromatic N) is 2. The van der Waals surface area contributed by atoms with Crippen molar-refractivity contribution >= 4 is 17.1 Å². The maximum Gasteiger partial charge on any atom is 0.299 e. The largest absolute Gasteiger partial charge is 0.380 e. The van der Waals surface area contributed by atoms with Gasteiger partial charge < -0.3 is 10.1 Å². The Morgan fingerprint density at radius 1 is 1.16 bits per heavy atom. The molecule has 104 valence electrons. The van der Waals surface area contributed by atoms with Gasteiger partial charge in [-0.2, -0.15) is 0 Å². The molecule has 1 rings (SSSR count). The Hall–Kier alpha value is -2.22. The number of hydrogen-bond donors (Lipinski definition) is 1. The summed E-state index contributed by atoms with van der Waals surface area (Å²) in [6.07, 6.45) is 0.867. The lowest BCUT2D eigenvalue weighted by Gasteiger charge is -2.07. The van der Waals surface area contributed by atoms with Crippen LogP contribution in [-0.4, -0.2) is 29.6 Å². The summed E-state index contributed by atoms with van der Waals surface area (Å²) in [5.41, 5.74) is -0.716. The van der Waals surface area contributed by atoms with Gasteiger partial charge in [-0.25, -0.2) is 0 Å². The zero-order chi connectivity index (χ0) is 14.3. The second-order valence-electron chi connectivity index (χ2n) is 3.72. The van der Waals surface area contributed by atoms with Gasteiger partial charge in [-0.05, 0) is 12.5 Å². The molecule has 0 radical (unpaired) electrons. The summed E-state index contributed by atoms with van der Waals surface area (Å²) in [7, 11) is 0. The first-order valence-electron chi connectivity index (χ1n) is 5.81. The molecule has 1 N–H and O–H groups in total. The molecule has 0 spiro atoms. The topological polar surface area (TPSA) is 108 Å². The summed E-state index contributed by atoms with van der Waals surface area (Å²) in [4.78, 5) is 20.4. The minimum absolute atomic E-state index is 0.0856. The van der Waals surface area contributed by atoms with E-state index in [-0.39, 0.29) is 23.6 Å². The Morgan fingerprint density at radius 2 is 1.74 bits per heavy atom. The van der Waals surface area contributed by atoms with Gasteiger partial charge in [0.25, 0.3) is 11.4 Å². The molecule has 0 heterocycles. The molecule has 0 atom stereocenters. The molecular weight excluding hydrogens is 254 g/mol. The number of hydrogen-bond acceptors (Lipinski definition) is 6. The minimum atomic E-state index is -0.651. The van der Waals surface area contributed by atoms with Crippen LogP contribution in [0.25, 0.3) is 0 Å². The third-order valence-electron chi connectivity index (χ3n) is 2.31. The van der Waals surface area contributed by atoms with Crippen LogP contribution < -0.4 is 5.32 Å². The van der Waals surface area contributed by atoms with Crippen molar-refractivity contribution in [3.8, 4) is 0 Å². The SMILES string of the molecule is CCCOCCNc1c([N+](=O)[O-])cccc1[N+](=O)[O-]. The van der Waals surface area contributed by atoms with Gasteiger partial charge in [0.15, 0.2) is 5.69 Å². The van der Waals surface area contributed by atoms with Crippen LogP contribution in [0.15, 0.2) is 18.2 Å². The quantitative estimate of drug-likeness (QED) is 0.441. The third-order valence-corrected chi connectivity index (χ3v) is 2.31. The molecule has 0 amide bonds. The van der Waals surface area contributed by atoms with Crippen LogP contribution in [0.2, 0.25) is 0 Å². The molecule has 19 heavy (non-hydrogen) atoms. The maximum atomic E-state index is 10.8. The van der Waals surface area contributed by atoms with E-state index in [4.69, 9.17) is 4.74 Å². The first-order chi connectivity index (χ1) is 9.07. The van der Waals surface area contributed by atoms with Crippen LogP contribution >= 0.6 is 0 Å². The Balaban J connectivity index is 2.83. The number of nitrogens with one attached hydrogen (secondary N) is 1. The van der Waals surface area contributed by atoms with Crippen LogP contribution in [0, 0.1) is 20.2 Å². The average Bonchev–Trinajstić information content (AvgIpc) is 2.38. The number of ether oxygens (including phenoxy) is 1. The predicted molar refractivity (Wildman–Crippen MR) is 69.4 cm³/mol. The Kier molecular flexibility index (Phi) is 5.68. The summed E-state index contributed by atoms with van der Waals surface area (Å²) >= 11 is 0. The fraction of sp³-hybridized carbons (Fsp3) is 0.455. The lowest BCUT2D eigenvalue weighted by molar-refractivity contribution is -0.392. The van der Waals surface area contributed by atoms with Crippen LogP contribution in [0.1, 0.15) is 13.3 Å². The van der Waals surface area contributed by atoms with Gasteiger partial charge in [0.2, 0.25) is 0 Å². The molecule has 0 aliphatic carbocycles. The standard InChI is InChI=1S/C11H15N3O5/c1-2-7-19-8-6-12-11-9(13(15)16)4-3-5-10(11)14(17)18/h3-5,12H,2,6-8H2,1H3. The lowest BCUT2D eigenvalue weighted by atomic mass is 10.2. The number of anilines is 1. The number of para-hydroxylation sites is 1. The fourth-order valence-electron chi connectivity index (χ4n) is 1.51. The van der Waals surface area contributed by atoms with E-state index < -0.39 is 9.85 Å². The first kappa shape index (κ1) is 14.8. The summed E-state index contributed by atoms with van der Waals surface area (Å²) in [5.74, 6) is 0. The van der Waals surface area contributed by atoms with E-state index in [0.29, 0.717) is 13.2 Å². The van der Waals surface area contributed by atoms with Gasteiger partial charge >= 0.3 is 0 Å². The molecule has 0 unspecified atom stereocenters. The summed E-state index contributed by atoms with van der Waals surface area (Å²) in [5, 5.41) is 24.4. The highest BCUT2D eigenvalue weighted by atomic mass is 16.6. The summed E-state index contributed by atoms with van der Waals surface area (Å²) < 4.78 is 5.20. The van der Waals surface area contributed by atoms with Gasteiger partial charge in [-0.3, -0.25) is 20.2 Å². The van der Waals surface area contributed by atoms with E-state index >= 15 is 0 Å². The molecule has 8 heteroatoms. The van der Waals surface area contributed by atoms with E-state index in [9.17, 15) is 20.2 Å². The van der Waals surface area contributed by atoms with Crippen LogP contribution in [0.3, 0.4) is 0 Å². The maximum absolute atomic E-state index is 10.8. The fourth-order valence-corrected chi connectivity index (χ4v) is 1.51. The van der Waals surface area contributed by atoms with Crippen molar-refractivity contribution < 1.29 is 14.6 Å². The lowest BCUT2D eigenvalue weighted by Crippen LogP contribution is -2.12. The van der Waals surface area contributed by atoms with Gasteiger partial charge in [0.05, 0.1) is 16.5 Å². The molecule has 0 saturated carbocycles. The number of nitro groups is 2. The molecular formula is C11H15N3O5. The minimum Gasteiger partial charge on any atom is -0.380 e. The molecule has 0 saturated heterocycles. The van der Waals surface area contributed by atoms with E-state index in [0.717, 1.165) is 6.42 Å². The van der Waals surface area contributed by atoms with Gasteiger partial charge in [0.1, 0.15) is 0 Å². The Morgan fingerprint density at radius 3 is 2.21 bits per heavy atom. The summed E-state index contributed by atoms with van der Waals surface area (Å²) in [6.45, 7) is 3.14. The highest BCUT2D eigenvalue weighted by Gasteiger charge is 2.23. The van der Waals surface area contributed by atoms with Crippen LogP contribution in [-0.2, 0) is 4.74 Å². The van der Waals surface area contributed by atoms with E-state index in [2.05, 4.69) is 5.32 Å². The number of nitro benzene ring substituents is 2. The number of rotatable bonds is 8. The molecule has 0 aliphatic rings. The van der Waals surface area contributed by atoms with Crippen molar-refractivity contribution in [3.05, 3.63) is 38.4 Å². The molecule has 8 nitrogen and oxygen atoms in total. The molecule has 1 aromatic rings. The Labute approximate surface area is 109 Å². The highest BCUT2D eigenvalue weighted by molar-refractivity contribution is 5.73. The van der Waals surface area contributed by atoms with Crippen molar-refractivity contribution in [2.24, 2.45) is 0 Å². The third kappa shape index (κ3) is 4.18. The van der Waals surface area contributed by atoms with Gasteiger partial charge in [-0.15, -0.1) is 0 Å². The second-order valence-corrected chi connectivity index (χ2v) is 3.72. The monoisotopic (exact) mass is 269 g/mol. The second kappa shape index (κ2) is 7.27. The Bertz CT molecular complexity index is 431. The normalized spacial score (nSPS) is 10.2. The van der Waals surface area contributed by atoms with Crippen molar-refractivity contribution in [3.63, 3.8) is 0 Å². The molecule has 1 aromatic carbocycles. The summed E-state index contributed by atoms with van der Waals surface area (Å²) in [6, 6.07) is 3.74. The van der Waals surface area contributed by atoms with Crippen molar-refractivity contribution in [1.82, 2.24) is 0 Å². The van der Waals surface area contributed by atoms with E-state index in [1.165, 1.54) is 18.2 Å². The van der Waals surface area contributed by atoms with Crippen LogP contribution in [0.5, 0.6) is 0 Å². The highest BCUT2D eigenvalue weighted by Crippen LogP contribution is 2.33. The molecule has 0 bridgehead atoms. The van der Waals surface area contributed by atoms with Crippen molar-refractivity contribution in [2.75, 3.05) is 25.1 Å².